The quantitative estimate of drug-likeness (QED) is 0.877. The highest BCUT2D eigenvalue weighted by atomic mass is 35.5. The van der Waals surface area contributed by atoms with Crippen molar-refractivity contribution in [1.82, 2.24) is 0 Å². The second-order valence-corrected chi connectivity index (χ2v) is 5.77. The zero-order chi connectivity index (χ0) is 13.3. The summed E-state index contributed by atoms with van der Waals surface area (Å²) in [5.41, 5.74) is 2.75. The predicted octanol–water partition coefficient (Wildman–Crippen LogP) is 4.31. The summed E-state index contributed by atoms with van der Waals surface area (Å²) in [6.07, 6.45) is 0.731. The van der Waals surface area contributed by atoms with Crippen LogP contribution in [0.1, 0.15) is 43.6 Å². The van der Waals surface area contributed by atoms with Crippen LogP contribution >= 0.6 is 11.6 Å². The van der Waals surface area contributed by atoms with Gasteiger partial charge in [0.1, 0.15) is 6.10 Å². The van der Waals surface area contributed by atoms with Crippen LogP contribution in [0.2, 0.25) is 5.22 Å². The molecule has 96 valence electrons. The SMILES string of the molecule is CC(C)(C)c1ccc(C(O)c2ccoc2Cl)cc1. The first-order chi connectivity index (χ1) is 8.39. The molecule has 1 unspecified atom stereocenters. The van der Waals surface area contributed by atoms with E-state index in [2.05, 4.69) is 20.8 Å². The fourth-order valence-corrected chi connectivity index (χ4v) is 2.06. The lowest BCUT2D eigenvalue weighted by Gasteiger charge is -2.20. The summed E-state index contributed by atoms with van der Waals surface area (Å²) >= 11 is 5.86. The van der Waals surface area contributed by atoms with E-state index in [1.807, 2.05) is 24.3 Å². The van der Waals surface area contributed by atoms with E-state index in [-0.39, 0.29) is 10.6 Å². The Bertz CT molecular complexity index is 520. The van der Waals surface area contributed by atoms with Gasteiger partial charge in [0.15, 0.2) is 5.22 Å². The summed E-state index contributed by atoms with van der Waals surface area (Å²) in [5.74, 6) is 0. The predicted molar refractivity (Wildman–Crippen MR) is 72.9 cm³/mol. The Morgan fingerprint density at radius 3 is 2.17 bits per heavy atom. The van der Waals surface area contributed by atoms with Crippen LogP contribution < -0.4 is 0 Å². The number of benzene rings is 1. The van der Waals surface area contributed by atoms with Crippen LogP contribution in [0, 0.1) is 0 Å². The molecular formula is C15H17ClO2. The van der Waals surface area contributed by atoms with E-state index in [0.29, 0.717) is 5.56 Å². The second kappa shape index (κ2) is 4.79. The first-order valence-electron chi connectivity index (χ1n) is 5.91. The molecule has 18 heavy (non-hydrogen) atoms. The van der Waals surface area contributed by atoms with Gasteiger partial charge in [-0.1, -0.05) is 45.0 Å². The minimum absolute atomic E-state index is 0.108. The molecular weight excluding hydrogens is 248 g/mol. The van der Waals surface area contributed by atoms with Crippen molar-refractivity contribution >= 4 is 11.6 Å². The van der Waals surface area contributed by atoms with E-state index in [9.17, 15) is 5.11 Å². The molecule has 0 saturated heterocycles. The lowest BCUT2D eigenvalue weighted by Crippen LogP contribution is -2.11. The number of rotatable bonds is 2. The van der Waals surface area contributed by atoms with Gasteiger partial charge in [0.2, 0.25) is 0 Å². The van der Waals surface area contributed by atoms with Crippen molar-refractivity contribution < 1.29 is 9.52 Å². The van der Waals surface area contributed by atoms with Crippen LogP contribution in [0.3, 0.4) is 0 Å². The first-order valence-corrected chi connectivity index (χ1v) is 6.29. The van der Waals surface area contributed by atoms with Gasteiger partial charge in [0.25, 0.3) is 0 Å². The maximum absolute atomic E-state index is 10.2. The molecule has 1 heterocycles. The zero-order valence-electron chi connectivity index (χ0n) is 10.8. The minimum atomic E-state index is -0.745. The Kier molecular flexibility index (Phi) is 3.51. The van der Waals surface area contributed by atoms with E-state index >= 15 is 0 Å². The Balaban J connectivity index is 2.28. The Morgan fingerprint density at radius 2 is 1.72 bits per heavy atom. The van der Waals surface area contributed by atoms with Crippen molar-refractivity contribution in [3.63, 3.8) is 0 Å². The molecule has 2 rings (SSSR count). The summed E-state index contributed by atoms with van der Waals surface area (Å²) in [6.45, 7) is 6.47. The fourth-order valence-electron chi connectivity index (χ4n) is 1.84. The van der Waals surface area contributed by atoms with E-state index < -0.39 is 6.10 Å². The van der Waals surface area contributed by atoms with Crippen molar-refractivity contribution in [2.75, 3.05) is 0 Å². The van der Waals surface area contributed by atoms with Crippen molar-refractivity contribution in [2.24, 2.45) is 0 Å². The summed E-state index contributed by atoms with van der Waals surface area (Å²) in [4.78, 5) is 0. The zero-order valence-corrected chi connectivity index (χ0v) is 11.5. The molecule has 0 bridgehead atoms. The van der Waals surface area contributed by atoms with E-state index in [1.54, 1.807) is 6.07 Å². The van der Waals surface area contributed by atoms with Crippen molar-refractivity contribution in [3.8, 4) is 0 Å². The molecule has 2 nitrogen and oxygen atoms in total. The standard InChI is InChI=1S/C15H17ClO2/c1-15(2,3)11-6-4-10(5-7-11)13(17)12-8-9-18-14(12)16/h4-9,13,17H,1-3H3. The van der Waals surface area contributed by atoms with Crippen LogP contribution in [0.15, 0.2) is 41.0 Å². The van der Waals surface area contributed by atoms with Gasteiger partial charge in [-0.3, -0.25) is 0 Å². The molecule has 1 N–H and O–H groups in total. The fraction of sp³-hybridized carbons (Fsp3) is 0.333. The maximum atomic E-state index is 10.2. The van der Waals surface area contributed by atoms with E-state index in [1.165, 1.54) is 11.8 Å². The third-order valence-electron chi connectivity index (χ3n) is 3.03. The molecule has 0 fully saturated rings. The van der Waals surface area contributed by atoms with Gasteiger partial charge in [-0.25, -0.2) is 0 Å². The average molecular weight is 265 g/mol. The Labute approximate surface area is 112 Å². The van der Waals surface area contributed by atoms with Gasteiger partial charge in [-0.15, -0.1) is 0 Å². The molecule has 1 aromatic heterocycles. The van der Waals surface area contributed by atoms with Gasteiger partial charge >= 0.3 is 0 Å². The molecule has 0 saturated carbocycles. The van der Waals surface area contributed by atoms with Crippen molar-refractivity contribution in [3.05, 3.63) is 58.5 Å². The molecule has 0 amide bonds. The molecule has 1 atom stereocenters. The monoisotopic (exact) mass is 264 g/mol. The first kappa shape index (κ1) is 13.2. The normalized spacial score (nSPS) is 13.6. The van der Waals surface area contributed by atoms with Crippen LogP contribution in [-0.4, -0.2) is 5.11 Å². The van der Waals surface area contributed by atoms with Crippen LogP contribution in [0.4, 0.5) is 0 Å². The lowest BCUT2D eigenvalue weighted by molar-refractivity contribution is 0.219. The van der Waals surface area contributed by atoms with Crippen LogP contribution in [0.5, 0.6) is 0 Å². The Morgan fingerprint density at radius 1 is 1.11 bits per heavy atom. The highest BCUT2D eigenvalue weighted by Crippen LogP contribution is 2.30. The van der Waals surface area contributed by atoms with Gasteiger partial charge in [-0.2, -0.15) is 0 Å². The lowest BCUT2D eigenvalue weighted by atomic mass is 9.86. The molecule has 0 aliphatic rings. The third-order valence-corrected chi connectivity index (χ3v) is 3.34. The van der Waals surface area contributed by atoms with Gasteiger partial charge in [0, 0.05) is 5.56 Å². The topological polar surface area (TPSA) is 33.4 Å². The summed E-state index contributed by atoms with van der Waals surface area (Å²) < 4.78 is 4.99. The third kappa shape index (κ3) is 2.60. The van der Waals surface area contributed by atoms with Crippen LogP contribution in [-0.2, 0) is 5.41 Å². The summed E-state index contributed by atoms with van der Waals surface area (Å²) in [5, 5.41) is 10.4. The average Bonchev–Trinajstić information content (AvgIpc) is 2.73. The molecule has 0 radical (unpaired) electrons. The largest absolute Gasteiger partial charge is 0.453 e. The molecule has 0 aliphatic heterocycles. The number of aliphatic hydroxyl groups excluding tert-OH is 1. The summed E-state index contributed by atoms with van der Waals surface area (Å²) in [6, 6.07) is 9.60. The molecule has 0 spiro atoms. The van der Waals surface area contributed by atoms with Crippen LogP contribution in [0.25, 0.3) is 0 Å². The van der Waals surface area contributed by atoms with Gasteiger partial charge < -0.3 is 9.52 Å². The van der Waals surface area contributed by atoms with Crippen molar-refractivity contribution in [2.45, 2.75) is 32.3 Å². The molecule has 0 aliphatic carbocycles. The summed E-state index contributed by atoms with van der Waals surface area (Å²) in [7, 11) is 0. The maximum Gasteiger partial charge on any atom is 0.199 e. The van der Waals surface area contributed by atoms with Gasteiger partial charge in [0.05, 0.1) is 6.26 Å². The number of hydrogen-bond acceptors (Lipinski definition) is 2. The second-order valence-electron chi connectivity index (χ2n) is 5.42. The Hall–Kier alpha value is -1.25. The van der Waals surface area contributed by atoms with Crippen molar-refractivity contribution in [1.29, 1.82) is 0 Å². The smallest absolute Gasteiger partial charge is 0.199 e. The highest BCUT2D eigenvalue weighted by molar-refractivity contribution is 6.29. The van der Waals surface area contributed by atoms with Gasteiger partial charge in [-0.05, 0) is 34.2 Å². The minimum Gasteiger partial charge on any atom is -0.453 e. The molecule has 3 heteroatoms. The van der Waals surface area contributed by atoms with E-state index in [4.69, 9.17) is 16.0 Å². The number of halogens is 1. The molecule has 1 aromatic carbocycles. The molecule has 2 aromatic rings. The number of hydrogen-bond donors (Lipinski definition) is 1. The number of aliphatic hydroxyl groups is 1. The van der Waals surface area contributed by atoms with E-state index in [0.717, 1.165) is 5.56 Å². The highest BCUT2D eigenvalue weighted by Gasteiger charge is 2.18. The number of furan rings is 1.